The molecule has 2 saturated heterocycles. The molecule has 9 amide bonds. The SMILES string of the molecule is Cc1sc2c(c1C)C(c1ccc(Cl)cc1)=N[C@@H](CC(=O)NC1CCN(CCOCCOCCOCCOCCOCCOCCN3CCN(CCNC(=O)CCNC(=O)c4nc(NC(=O)CCNC(=O)c5cc(NC(=O)c6nc(NC(=O)CCNC(=O)c7cc(NC(=O)c8nccn8C)cn7C)cn6C)cn5C)cn4C)CC3)CC1)c1nnc(C)n1-2. The van der Waals surface area contributed by atoms with Gasteiger partial charge >= 0.3 is 0 Å². The lowest BCUT2D eigenvalue weighted by Crippen LogP contribution is -2.49. The van der Waals surface area contributed by atoms with Crippen molar-refractivity contribution in [1.29, 1.82) is 0 Å². The Morgan fingerprint density at radius 2 is 0.959 bits per heavy atom. The number of anilines is 4. The summed E-state index contributed by atoms with van der Waals surface area (Å²) in [4.78, 5) is 143. The van der Waals surface area contributed by atoms with Crippen molar-refractivity contribution in [3.63, 3.8) is 0 Å². The highest BCUT2D eigenvalue weighted by Crippen LogP contribution is 2.40. The number of imidazole rings is 3. The Hall–Kier alpha value is -10.9. The number of nitrogens with zero attached hydrogens (tertiary/aromatic N) is 15. The predicted octanol–water partition coefficient (Wildman–Crippen LogP) is 3.32. The first kappa shape index (κ1) is 90.8. The second-order valence-electron chi connectivity index (χ2n) is 29.5. The van der Waals surface area contributed by atoms with E-state index in [1.54, 1.807) is 63.5 Å². The number of nitrogens with one attached hydrogen (secondary N) is 9. The number of fused-ring (bicyclic) bond motifs is 3. The molecule has 1 atom stereocenters. The maximum absolute atomic E-state index is 13.7. The molecule has 9 N–H and O–H groups in total. The van der Waals surface area contributed by atoms with Gasteiger partial charge in [-0.3, -0.25) is 62.5 Å². The first-order valence-corrected chi connectivity index (χ1v) is 41.6. The van der Waals surface area contributed by atoms with Gasteiger partial charge in [-0.1, -0.05) is 23.7 Å². The number of piperazine rings is 1. The van der Waals surface area contributed by atoms with E-state index in [4.69, 9.17) is 45.0 Å². The molecule has 0 aliphatic carbocycles. The van der Waals surface area contributed by atoms with Crippen LogP contribution in [-0.2, 0) is 82.8 Å². The van der Waals surface area contributed by atoms with Crippen LogP contribution in [0.2, 0.25) is 5.02 Å². The Morgan fingerprint density at radius 1 is 0.488 bits per heavy atom. The lowest BCUT2D eigenvalue weighted by atomic mass is 9.99. The van der Waals surface area contributed by atoms with Crippen molar-refractivity contribution in [1.82, 2.24) is 93.8 Å². The summed E-state index contributed by atoms with van der Waals surface area (Å²) in [6.07, 6.45) is 10.8. The topological polar surface area (TPSA) is 433 Å². The number of piperidine rings is 1. The van der Waals surface area contributed by atoms with Crippen LogP contribution in [0, 0.1) is 20.8 Å². The minimum Gasteiger partial charge on any atom is -0.378 e. The van der Waals surface area contributed by atoms with Crippen molar-refractivity contribution < 1.29 is 71.6 Å². The van der Waals surface area contributed by atoms with E-state index < -0.39 is 47.4 Å². The zero-order chi connectivity index (χ0) is 85.9. The van der Waals surface area contributed by atoms with Crippen LogP contribution in [0.4, 0.5) is 23.0 Å². The zero-order valence-corrected chi connectivity index (χ0v) is 71.2. The molecule has 0 saturated carbocycles. The standard InChI is InChI=1S/C80H109ClN24O15S/c1-52-53(2)121-80-69(52)70(55-9-11-56(81)12-10-55)90-60(71-96-95-54(3)105(71)80)47-68(109)87-57-16-23-102(24-17-57)31-33-115-35-37-117-39-41-119-43-44-120-42-40-118-38-36-116-34-32-104-29-27-103(28-30-104)26-22-82-65(106)13-18-86-77(112)73-93-63(50-100(73)7)91-66(107)14-19-85-76(111)62-46-59(49-99(62)6)89-79(114)74-94-64(51-101(74)8)92-67(108)15-20-84-75(110)61-45-58(48-98(61)5)88-78(113)72-83-21-25-97(72)4/h9-12,21,25,45-46,48-51,57,60H,13-20,22-24,26-44,47H2,1-8H3,(H,82,106)(H,84,110)(H,85,111)(H,86,112)(H,87,109)(H,88,113)(H,89,114)(H,91,107)(H,92,108)/t60-/m0/s1. The van der Waals surface area contributed by atoms with E-state index in [9.17, 15) is 43.2 Å². The maximum atomic E-state index is 13.7. The predicted molar refractivity (Wildman–Crippen MR) is 451 cm³/mol. The van der Waals surface area contributed by atoms with Crippen LogP contribution >= 0.6 is 22.9 Å². The summed E-state index contributed by atoms with van der Waals surface area (Å²) in [6.45, 7) is 20.0. The van der Waals surface area contributed by atoms with Crippen molar-refractivity contribution in [2.45, 2.75) is 71.4 Å². The van der Waals surface area contributed by atoms with E-state index in [1.165, 1.54) is 60.1 Å². The molecular formula is C80H109ClN24O15S. The van der Waals surface area contributed by atoms with Gasteiger partial charge in [0.15, 0.2) is 23.3 Å². The summed E-state index contributed by atoms with van der Waals surface area (Å²) in [5.74, 6) is -2.05. The van der Waals surface area contributed by atoms with Gasteiger partial charge in [-0.15, -0.1) is 21.5 Å². The number of rotatable bonds is 46. The molecule has 41 heteroatoms. The summed E-state index contributed by atoms with van der Waals surface area (Å²) in [5, 5.41) is 35.6. The minimum absolute atomic E-state index is 0.0160. The van der Waals surface area contributed by atoms with Crippen molar-refractivity contribution in [3.8, 4) is 5.00 Å². The lowest BCUT2D eigenvalue weighted by Gasteiger charge is -2.34. The molecule has 7 aromatic heterocycles. The normalized spacial score (nSPS) is 14.5. The fourth-order valence-corrected chi connectivity index (χ4v) is 15.2. The van der Waals surface area contributed by atoms with Crippen LogP contribution in [0.3, 0.4) is 0 Å². The number of aryl methyl sites for hydroxylation is 7. The van der Waals surface area contributed by atoms with Crippen molar-refractivity contribution in [3.05, 3.63) is 141 Å². The van der Waals surface area contributed by atoms with Gasteiger partial charge in [0, 0.05) is 204 Å². The van der Waals surface area contributed by atoms with E-state index in [2.05, 4.69) is 106 Å². The lowest BCUT2D eigenvalue weighted by molar-refractivity contribution is -0.123. The molecule has 39 nitrogen and oxygen atoms in total. The first-order valence-electron chi connectivity index (χ1n) is 40.4. The number of hydrogen-bond acceptors (Lipinski definition) is 25. The summed E-state index contributed by atoms with van der Waals surface area (Å²) >= 11 is 7.97. The molecule has 3 aliphatic rings. The number of aromatic nitrogens is 11. The Labute approximate surface area is 709 Å². The fraction of sp³-hybridized carbons (Fsp3) is 0.512. The number of halogens is 1. The molecule has 8 aromatic rings. The third kappa shape index (κ3) is 26.5. The van der Waals surface area contributed by atoms with E-state index in [1.807, 2.05) is 31.2 Å². The molecule has 3 aliphatic heterocycles. The number of ether oxygens (including phenoxy) is 6. The quantitative estimate of drug-likeness (QED) is 0.0247. The van der Waals surface area contributed by atoms with Crippen molar-refractivity contribution in [2.24, 2.45) is 40.2 Å². The highest BCUT2D eigenvalue weighted by atomic mass is 35.5. The van der Waals surface area contributed by atoms with E-state index in [0.717, 1.165) is 98.4 Å². The van der Waals surface area contributed by atoms with E-state index in [0.29, 0.717) is 109 Å². The first-order chi connectivity index (χ1) is 58.4. The Bertz CT molecular complexity index is 4890. The van der Waals surface area contributed by atoms with Gasteiger partial charge in [-0.25, -0.2) is 15.0 Å². The highest BCUT2D eigenvalue weighted by Gasteiger charge is 2.34. The second kappa shape index (κ2) is 45.1. The van der Waals surface area contributed by atoms with Gasteiger partial charge in [0.1, 0.15) is 28.3 Å². The molecule has 2 fully saturated rings. The summed E-state index contributed by atoms with van der Waals surface area (Å²) in [7, 11) is 8.09. The number of thiophene rings is 1. The fourth-order valence-electron chi connectivity index (χ4n) is 13.9. The number of hydrogen-bond donors (Lipinski definition) is 9. The average molecular weight is 1710 g/mol. The van der Waals surface area contributed by atoms with Crippen LogP contribution in [-0.4, -0.2) is 297 Å². The van der Waals surface area contributed by atoms with Crippen LogP contribution in [0.25, 0.3) is 5.00 Å². The molecule has 0 spiro atoms. The molecule has 0 bridgehead atoms. The highest BCUT2D eigenvalue weighted by molar-refractivity contribution is 7.15. The molecule has 0 unspecified atom stereocenters. The minimum atomic E-state index is -0.633. The van der Waals surface area contributed by atoms with Crippen LogP contribution < -0.4 is 47.9 Å². The van der Waals surface area contributed by atoms with Crippen molar-refractivity contribution in [2.75, 3.05) is 186 Å². The molecular weight excluding hydrogens is 1600 g/mol. The van der Waals surface area contributed by atoms with E-state index >= 15 is 0 Å². The molecule has 652 valence electrons. The third-order valence-electron chi connectivity index (χ3n) is 20.5. The number of carbonyl (C=O) groups is 9. The van der Waals surface area contributed by atoms with Gasteiger partial charge in [0.05, 0.1) is 103 Å². The third-order valence-corrected chi connectivity index (χ3v) is 21.9. The smallest absolute Gasteiger partial charge is 0.291 e. The molecule has 10 heterocycles. The van der Waals surface area contributed by atoms with Crippen molar-refractivity contribution >= 4 is 105 Å². The maximum Gasteiger partial charge on any atom is 0.291 e. The van der Waals surface area contributed by atoms with Crippen LogP contribution in [0.15, 0.2) is 78.6 Å². The van der Waals surface area contributed by atoms with Gasteiger partial charge < -0.3 is 104 Å². The molecule has 1 aromatic carbocycles. The number of carbonyl (C=O) groups excluding carboxylic acids is 9. The summed E-state index contributed by atoms with van der Waals surface area (Å²) in [6, 6.07) is 10.2. The number of likely N-dealkylation sites (tertiary alicyclic amines) is 1. The monoisotopic (exact) mass is 1710 g/mol. The van der Waals surface area contributed by atoms with E-state index in [-0.39, 0.29) is 109 Å². The summed E-state index contributed by atoms with van der Waals surface area (Å²) < 4.78 is 43.8. The van der Waals surface area contributed by atoms with Gasteiger partial charge in [-0.05, 0) is 63.4 Å². The second-order valence-corrected chi connectivity index (χ2v) is 31.1. The van der Waals surface area contributed by atoms with Gasteiger partial charge in [-0.2, -0.15) is 0 Å². The van der Waals surface area contributed by atoms with Gasteiger partial charge in [0.25, 0.3) is 29.5 Å². The number of aliphatic imine (C=N–C) groups is 1. The zero-order valence-electron chi connectivity index (χ0n) is 69.6. The molecule has 11 rings (SSSR count). The molecule has 121 heavy (non-hydrogen) atoms. The Morgan fingerprint density at radius 3 is 1.47 bits per heavy atom. The number of benzene rings is 1. The Balaban J connectivity index is 0.442. The van der Waals surface area contributed by atoms with Crippen LogP contribution in [0.5, 0.6) is 0 Å². The Kier molecular flexibility index (Phi) is 33.9. The van der Waals surface area contributed by atoms with Crippen LogP contribution in [0.1, 0.15) is 131 Å². The molecule has 0 radical (unpaired) electrons. The average Bonchev–Trinajstić information content (AvgIpc) is 1.59. The largest absolute Gasteiger partial charge is 0.378 e. The summed E-state index contributed by atoms with van der Waals surface area (Å²) in [5.41, 5.74) is 5.02. The number of amides is 9. The van der Waals surface area contributed by atoms with Gasteiger partial charge in [0.2, 0.25) is 35.3 Å².